The molecule has 0 radical (unpaired) electrons. The van der Waals surface area contributed by atoms with E-state index >= 15 is 0 Å². The summed E-state index contributed by atoms with van der Waals surface area (Å²) in [5, 5.41) is 14.1. The second kappa shape index (κ2) is 25.2. The first kappa shape index (κ1) is 50.5. The number of nitrogen functional groups attached to an aromatic ring is 1. The molecule has 1 aliphatic rings. The number of fused-ring (bicyclic) bond motifs is 1. The number of aliphatic hydroxyl groups excluding tert-OH is 1. The summed E-state index contributed by atoms with van der Waals surface area (Å²) < 4.78 is 83.6. The molecule has 1 unspecified atom stereocenters. The average molecular weight is 913 g/mol. The Morgan fingerprint density at radius 2 is 1.58 bits per heavy atom. The van der Waals surface area contributed by atoms with E-state index in [9.17, 15) is 27.6 Å². The second-order valence-corrected chi connectivity index (χ2v) is 18.4. The molecule has 64 heavy (non-hydrogen) atoms. The number of nitrogens with one attached hydrogen (secondary N) is 1. The van der Waals surface area contributed by atoms with Gasteiger partial charge in [-0.1, -0.05) is 128 Å². The van der Waals surface area contributed by atoms with Gasteiger partial charge in [0.15, 0.2) is 22.6 Å². The number of halogens is 3. The van der Waals surface area contributed by atoms with Gasteiger partial charge in [0, 0.05) is 12.5 Å². The Morgan fingerprint density at radius 3 is 2.19 bits per heavy atom. The fourth-order valence-corrected chi connectivity index (χ4v) is 9.48. The number of carbonyl (C=O) groups is 1. The van der Waals surface area contributed by atoms with E-state index < -0.39 is 62.0 Å². The zero-order valence-electron chi connectivity index (χ0n) is 37.1. The first-order valence-electron chi connectivity index (χ1n) is 22.7. The van der Waals surface area contributed by atoms with Crippen molar-refractivity contribution in [2.45, 2.75) is 153 Å². The minimum Gasteiger partial charge on any atom is -0.464 e. The number of unbranched alkanes of at least 4 members (excludes halogenated alkanes) is 12. The van der Waals surface area contributed by atoms with Crippen LogP contribution in [0, 0.1) is 36.0 Å². The summed E-state index contributed by atoms with van der Waals surface area (Å²) >= 11 is 0. The Labute approximate surface area is 375 Å². The van der Waals surface area contributed by atoms with Gasteiger partial charge in [-0.2, -0.15) is 19.4 Å². The van der Waals surface area contributed by atoms with Crippen molar-refractivity contribution in [2.24, 2.45) is 5.92 Å². The van der Waals surface area contributed by atoms with Gasteiger partial charge in [0.1, 0.15) is 42.4 Å². The number of rotatable bonds is 29. The minimum atomic E-state index is -4.72. The summed E-state index contributed by atoms with van der Waals surface area (Å²) in [4.78, 5) is 25.6. The fraction of sp³-hybridized carbons (Fsp3) is 0.574. The summed E-state index contributed by atoms with van der Waals surface area (Å²) in [6.45, 7) is 3.74. The van der Waals surface area contributed by atoms with Crippen LogP contribution in [0.3, 0.4) is 0 Å². The Balaban J connectivity index is 1.36. The van der Waals surface area contributed by atoms with Crippen LogP contribution < -0.4 is 15.3 Å². The molecule has 4 aromatic rings. The van der Waals surface area contributed by atoms with E-state index in [0.29, 0.717) is 6.07 Å². The lowest BCUT2D eigenvalue weighted by atomic mass is 9.94. The zero-order chi connectivity index (χ0) is 46.0. The Morgan fingerprint density at radius 1 is 0.969 bits per heavy atom. The summed E-state index contributed by atoms with van der Waals surface area (Å²) in [6, 6.07) is 9.33. The van der Waals surface area contributed by atoms with Crippen LogP contribution in [0.2, 0.25) is 0 Å². The second-order valence-electron chi connectivity index (χ2n) is 16.7. The number of aliphatic hydroxyl groups is 1. The topological polar surface area (TPSA) is 173 Å². The van der Waals surface area contributed by atoms with E-state index in [4.69, 9.17) is 30.7 Å². The standard InChI is InChI=1S/C47H64F3N6O7P/c1-4-7-9-11-13-15-18-22-34(23-19-16-14-12-10-8-5-2)31-60-45(58)39(28-35-26-36(48)29-37(49)27-35)55-64(59,63-38-24-20-17-21-25-38)61-32-47(6-3)40(57)30-41(62-47)56-33-52-42-43(51)53-46(50)54-44(42)56/h3,17,20-21,24-27,29,33-34,39-41,57H,4-5,7-16,18-19,22-23,28,30-32H2,1-2H3,(H,55,59)(H2,51,53,54)/t39-,40-,41+,47+,64?/m0/s1. The molecule has 2 aromatic heterocycles. The summed E-state index contributed by atoms with van der Waals surface area (Å²) in [5.41, 5.74) is 4.04. The number of esters is 1. The van der Waals surface area contributed by atoms with Crippen LogP contribution in [0.1, 0.15) is 135 Å². The van der Waals surface area contributed by atoms with Gasteiger partial charge < -0.3 is 24.8 Å². The lowest BCUT2D eigenvalue weighted by molar-refractivity contribution is -0.147. The van der Waals surface area contributed by atoms with E-state index in [0.717, 1.165) is 63.5 Å². The normalized spacial score (nSPS) is 18.8. The number of para-hydroxylation sites is 1. The van der Waals surface area contributed by atoms with Crippen LogP contribution in [0.25, 0.3) is 11.2 Å². The highest BCUT2D eigenvalue weighted by atomic mass is 31.2. The SMILES string of the molecule is C#C[C@]1(COP(=O)(N[C@@H](Cc2cc(F)cc(F)c2)C(=O)OCC(CCCCCCCCC)CCCCCCCCC)Oc2ccccc2)O[C@@H](n2cnc3c(N)nc(F)nc32)C[C@@H]1O. The van der Waals surface area contributed by atoms with Crippen molar-refractivity contribution >= 4 is 30.7 Å². The van der Waals surface area contributed by atoms with E-state index in [1.54, 1.807) is 18.2 Å². The van der Waals surface area contributed by atoms with Gasteiger partial charge in [-0.3, -0.25) is 13.9 Å². The molecule has 5 rings (SSSR count). The number of imidazole rings is 1. The molecule has 0 bridgehead atoms. The van der Waals surface area contributed by atoms with Gasteiger partial charge >= 0.3 is 19.8 Å². The van der Waals surface area contributed by atoms with Crippen LogP contribution in [-0.2, 0) is 29.8 Å². The molecular formula is C47H64F3N6O7P. The van der Waals surface area contributed by atoms with E-state index in [1.807, 2.05) is 0 Å². The van der Waals surface area contributed by atoms with E-state index in [2.05, 4.69) is 39.8 Å². The van der Waals surface area contributed by atoms with Crippen molar-refractivity contribution in [3.63, 3.8) is 0 Å². The van der Waals surface area contributed by atoms with E-state index in [-0.39, 0.29) is 53.7 Å². The molecule has 350 valence electrons. The lowest BCUT2D eigenvalue weighted by Gasteiger charge is -2.30. The third-order valence-electron chi connectivity index (χ3n) is 11.6. The number of aromatic nitrogens is 4. The quantitative estimate of drug-likeness (QED) is 0.0155. The number of hydrogen-bond donors (Lipinski definition) is 3. The predicted octanol–water partition coefficient (Wildman–Crippen LogP) is 10.3. The highest BCUT2D eigenvalue weighted by Gasteiger charge is 2.50. The number of terminal acetylenes is 1. The number of nitrogens with two attached hydrogens (primary N) is 1. The third-order valence-corrected chi connectivity index (χ3v) is 13.1. The molecule has 17 heteroatoms. The maximum atomic E-state index is 15.0. The molecule has 1 aliphatic heterocycles. The first-order valence-corrected chi connectivity index (χ1v) is 24.3. The molecule has 1 fully saturated rings. The van der Waals surface area contributed by atoms with Gasteiger partial charge in [0.05, 0.1) is 12.9 Å². The van der Waals surface area contributed by atoms with Crippen LogP contribution in [0.5, 0.6) is 5.75 Å². The van der Waals surface area contributed by atoms with Crippen molar-refractivity contribution in [1.82, 2.24) is 24.6 Å². The summed E-state index contributed by atoms with van der Waals surface area (Å²) in [6.07, 6.45) is 20.9. The molecule has 13 nitrogen and oxygen atoms in total. The fourth-order valence-electron chi connectivity index (χ4n) is 7.96. The molecule has 4 N–H and O–H groups in total. The number of nitrogens with zero attached hydrogens (tertiary/aromatic N) is 4. The van der Waals surface area contributed by atoms with Crippen molar-refractivity contribution in [3.8, 4) is 18.1 Å². The molecular weight excluding hydrogens is 849 g/mol. The zero-order valence-corrected chi connectivity index (χ0v) is 38.0. The Bertz CT molecular complexity index is 2120. The van der Waals surface area contributed by atoms with Crippen LogP contribution in [0.4, 0.5) is 19.0 Å². The van der Waals surface area contributed by atoms with Crippen molar-refractivity contribution in [3.05, 3.63) is 78.1 Å². The minimum absolute atomic E-state index is 0.0158. The number of anilines is 1. The maximum absolute atomic E-state index is 15.0. The molecule has 2 aromatic carbocycles. The van der Waals surface area contributed by atoms with E-state index in [1.165, 1.54) is 74.4 Å². The number of carbonyl (C=O) groups excluding carboxylic acids is 1. The average Bonchev–Trinajstić information content (AvgIpc) is 3.84. The van der Waals surface area contributed by atoms with Gasteiger partial charge in [0.25, 0.3) is 0 Å². The van der Waals surface area contributed by atoms with Crippen LogP contribution in [-0.4, -0.2) is 61.6 Å². The van der Waals surface area contributed by atoms with Gasteiger partial charge in [-0.05, 0) is 55.0 Å². The Hall–Kier alpha value is -4.52. The highest BCUT2D eigenvalue weighted by Crippen LogP contribution is 2.48. The molecule has 1 saturated heterocycles. The molecule has 0 aliphatic carbocycles. The summed E-state index contributed by atoms with van der Waals surface area (Å²) in [7, 11) is -4.72. The number of benzene rings is 2. The third kappa shape index (κ3) is 15.0. The molecule has 0 spiro atoms. The van der Waals surface area contributed by atoms with Gasteiger partial charge in [-0.25, -0.2) is 18.3 Å². The highest BCUT2D eigenvalue weighted by molar-refractivity contribution is 7.52. The molecule has 3 heterocycles. The maximum Gasteiger partial charge on any atom is 0.459 e. The van der Waals surface area contributed by atoms with Crippen molar-refractivity contribution in [2.75, 3.05) is 18.9 Å². The lowest BCUT2D eigenvalue weighted by Crippen LogP contribution is -2.44. The summed E-state index contributed by atoms with van der Waals surface area (Å²) in [5.74, 6) is -0.214. The number of hydrogen-bond acceptors (Lipinski definition) is 11. The predicted molar refractivity (Wildman–Crippen MR) is 239 cm³/mol. The number of ether oxygens (including phenoxy) is 2. The van der Waals surface area contributed by atoms with Gasteiger partial charge in [0.2, 0.25) is 0 Å². The Kier molecular flexibility index (Phi) is 19.9. The molecule has 0 saturated carbocycles. The smallest absolute Gasteiger partial charge is 0.459 e. The molecule has 5 atom stereocenters. The molecule has 0 amide bonds. The van der Waals surface area contributed by atoms with Crippen molar-refractivity contribution < 1.29 is 46.2 Å². The van der Waals surface area contributed by atoms with Crippen molar-refractivity contribution in [1.29, 1.82) is 0 Å². The van der Waals surface area contributed by atoms with Crippen LogP contribution >= 0.6 is 7.75 Å². The van der Waals surface area contributed by atoms with Crippen LogP contribution in [0.15, 0.2) is 54.9 Å². The monoisotopic (exact) mass is 912 g/mol. The largest absolute Gasteiger partial charge is 0.464 e. The first-order chi connectivity index (χ1) is 30.9. The van der Waals surface area contributed by atoms with Gasteiger partial charge in [-0.15, -0.1) is 6.42 Å².